The molecule has 1 unspecified atom stereocenters. The topological polar surface area (TPSA) is 114 Å². The normalized spacial score (nSPS) is 22.6. The summed E-state index contributed by atoms with van der Waals surface area (Å²) < 4.78 is 16.2. The highest BCUT2D eigenvalue weighted by Crippen LogP contribution is 2.50. The first-order valence-electron chi connectivity index (χ1n) is 13.7. The van der Waals surface area contributed by atoms with Crippen LogP contribution in [0.15, 0.2) is 40.4 Å². The van der Waals surface area contributed by atoms with Crippen LogP contribution >= 0.6 is 15.9 Å². The second-order valence-electron chi connectivity index (χ2n) is 10.2. The Morgan fingerprint density at radius 2 is 2.15 bits per heavy atom. The molecule has 10 nitrogen and oxygen atoms in total. The number of fused-ring (bicyclic) bond motifs is 4. The Balaban J connectivity index is 1.48. The third kappa shape index (κ3) is 4.09. The second kappa shape index (κ2) is 10.5. The van der Waals surface area contributed by atoms with E-state index < -0.39 is 24.0 Å². The average molecular weight is 611 g/mol. The van der Waals surface area contributed by atoms with E-state index in [0.717, 1.165) is 59.3 Å². The maximum atomic E-state index is 13.2. The number of esters is 1. The Morgan fingerprint density at radius 3 is 2.92 bits per heavy atom. The van der Waals surface area contributed by atoms with E-state index in [1.165, 1.54) is 0 Å². The Bertz CT molecular complexity index is 1490. The van der Waals surface area contributed by atoms with Gasteiger partial charge in [0.15, 0.2) is 6.23 Å². The van der Waals surface area contributed by atoms with Crippen molar-refractivity contribution in [2.24, 2.45) is 4.99 Å². The number of aliphatic imine (C=N–C) groups is 1. The molecule has 0 bridgehead atoms. The molecule has 0 aliphatic carbocycles. The van der Waals surface area contributed by atoms with Crippen LogP contribution in [0.5, 0.6) is 0 Å². The van der Waals surface area contributed by atoms with Crippen LogP contribution in [-0.2, 0) is 25.5 Å². The monoisotopic (exact) mass is 610 g/mol. The van der Waals surface area contributed by atoms with Crippen molar-refractivity contribution >= 4 is 62.4 Å². The highest BCUT2D eigenvalue weighted by molar-refractivity contribution is 9.09. The van der Waals surface area contributed by atoms with Crippen molar-refractivity contribution in [3.8, 4) is 0 Å². The zero-order chi connectivity index (χ0) is 28.0. The average Bonchev–Trinajstić information content (AvgIpc) is 3.33. The molecular weight excluding hydrogens is 580 g/mol. The summed E-state index contributed by atoms with van der Waals surface area (Å²) in [7, 11) is 0. The number of aromatic nitrogens is 1. The van der Waals surface area contributed by atoms with Gasteiger partial charge in [0.1, 0.15) is 13.2 Å². The SMILES string of the molecule is CCCCCN1C=Nc2cccc3nc4c(c1c23)CN1C4=CC2=C(COC(=O)[C@@]2(CC)OC(=O)OCCBr)C1O. The van der Waals surface area contributed by atoms with Gasteiger partial charge >= 0.3 is 12.1 Å². The van der Waals surface area contributed by atoms with Crippen LogP contribution in [0.25, 0.3) is 16.6 Å². The van der Waals surface area contributed by atoms with Gasteiger partial charge in [-0.05, 0) is 31.1 Å². The Hall–Kier alpha value is -3.44. The van der Waals surface area contributed by atoms with Crippen molar-refractivity contribution in [2.45, 2.75) is 57.9 Å². The maximum absolute atomic E-state index is 13.2. The fourth-order valence-electron chi connectivity index (χ4n) is 6.01. The highest BCUT2D eigenvalue weighted by Gasteiger charge is 2.54. The summed E-state index contributed by atoms with van der Waals surface area (Å²) in [5, 5.41) is 13.1. The molecular formula is C29H31BrN4O6. The number of carbonyl (C=O) groups excluding carboxylic acids is 2. The number of ether oxygens (including phenoxy) is 3. The summed E-state index contributed by atoms with van der Waals surface area (Å²) >= 11 is 3.21. The Morgan fingerprint density at radius 1 is 1.30 bits per heavy atom. The van der Waals surface area contributed by atoms with Crippen molar-refractivity contribution in [3.05, 3.63) is 46.7 Å². The van der Waals surface area contributed by atoms with E-state index in [1.54, 1.807) is 6.92 Å². The van der Waals surface area contributed by atoms with Gasteiger partial charge in [-0.25, -0.2) is 19.6 Å². The molecule has 5 heterocycles. The number of anilines is 1. The number of benzene rings is 1. The van der Waals surface area contributed by atoms with E-state index in [9.17, 15) is 14.7 Å². The number of hydrogen-bond donors (Lipinski definition) is 1. The third-order valence-electron chi connectivity index (χ3n) is 7.98. The van der Waals surface area contributed by atoms with Gasteiger partial charge in [0, 0.05) is 28.6 Å². The van der Waals surface area contributed by atoms with E-state index >= 15 is 0 Å². The van der Waals surface area contributed by atoms with Gasteiger partial charge in [-0.3, -0.25) is 0 Å². The van der Waals surface area contributed by atoms with Gasteiger partial charge in [-0.2, -0.15) is 0 Å². The number of aliphatic hydroxyl groups is 1. The number of nitrogens with zero attached hydrogens (tertiary/aromatic N) is 4. The van der Waals surface area contributed by atoms with Gasteiger partial charge in [0.05, 0.1) is 46.6 Å². The van der Waals surface area contributed by atoms with Crippen molar-refractivity contribution in [3.63, 3.8) is 0 Å². The molecule has 0 radical (unpaired) electrons. The lowest BCUT2D eigenvalue weighted by atomic mass is 9.82. The number of halogens is 1. The molecule has 210 valence electrons. The van der Waals surface area contributed by atoms with Gasteiger partial charge in [-0.15, -0.1) is 0 Å². The molecule has 0 amide bonds. The molecule has 40 heavy (non-hydrogen) atoms. The largest absolute Gasteiger partial charge is 0.509 e. The first-order chi connectivity index (χ1) is 19.4. The standard InChI is InChI=1S/C29H31BrN4O6/c1-3-5-6-11-33-16-31-20-8-7-9-21-23(20)25(33)17-14-34-22(24(17)32-21)13-19-18(26(34)35)15-39-27(36)29(19,4-2)40-28(37)38-12-10-30/h7-9,13,16,26,35H,3-6,10-12,14-15H2,1-2H3/t26?,29-/m0/s1. The van der Waals surface area contributed by atoms with E-state index in [2.05, 4.69) is 27.8 Å². The first-order valence-corrected chi connectivity index (χ1v) is 14.8. The quantitative estimate of drug-likeness (QED) is 0.252. The molecule has 2 atom stereocenters. The van der Waals surface area contributed by atoms with Gasteiger partial charge in [-0.1, -0.05) is 48.7 Å². The zero-order valence-corrected chi connectivity index (χ0v) is 24.1. The summed E-state index contributed by atoms with van der Waals surface area (Å²) in [5.41, 5.74) is 4.26. The van der Waals surface area contributed by atoms with Gasteiger partial charge in [0.2, 0.25) is 5.60 Å². The van der Waals surface area contributed by atoms with E-state index in [1.807, 2.05) is 35.5 Å². The van der Waals surface area contributed by atoms with Crippen LogP contribution in [0.4, 0.5) is 16.2 Å². The molecule has 4 aliphatic heterocycles. The van der Waals surface area contributed by atoms with Crippen LogP contribution in [0, 0.1) is 0 Å². The number of pyridine rings is 1. The van der Waals surface area contributed by atoms with Crippen molar-refractivity contribution in [2.75, 3.05) is 30.0 Å². The predicted molar refractivity (Wildman–Crippen MR) is 154 cm³/mol. The molecule has 2 aromatic rings. The van der Waals surface area contributed by atoms with Crippen molar-refractivity contribution in [1.29, 1.82) is 0 Å². The van der Waals surface area contributed by atoms with E-state index in [-0.39, 0.29) is 19.6 Å². The van der Waals surface area contributed by atoms with Crippen molar-refractivity contribution < 1.29 is 28.9 Å². The minimum Gasteiger partial charge on any atom is -0.458 e. The van der Waals surface area contributed by atoms with Crippen LogP contribution in [0.3, 0.4) is 0 Å². The molecule has 0 saturated carbocycles. The highest BCUT2D eigenvalue weighted by atomic mass is 79.9. The van der Waals surface area contributed by atoms with E-state index in [4.69, 9.17) is 24.2 Å². The molecule has 11 heteroatoms. The molecule has 6 rings (SSSR count). The molecule has 1 aromatic heterocycles. The zero-order valence-electron chi connectivity index (χ0n) is 22.5. The number of hydrogen-bond acceptors (Lipinski definition) is 10. The number of carbonyl (C=O) groups is 2. The van der Waals surface area contributed by atoms with Gasteiger partial charge < -0.3 is 29.1 Å². The second-order valence-corrected chi connectivity index (χ2v) is 11.0. The van der Waals surface area contributed by atoms with Crippen LogP contribution in [-0.4, -0.2) is 70.4 Å². The molecule has 1 N–H and O–H groups in total. The number of alkyl halides is 1. The fraction of sp³-hybridized carbons (Fsp3) is 0.448. The maximum Gasteiger partial charge on any atom is 0.509 e. The number of rotatable bonds is 8. The summed E-state index contributed by atoms with van der Waals surface area (Å²) in [4.78, 5) is 39.5. The number of cyclic esters (lactones) is 1. The summed E-state index contributed by atoms with van der Waals surface area (Å²) in [6.45, 7) is 5.14. The lowest BCUT2D eigenvalue weighted by Gasteiger charge is -2.42. The Labute approximate surface area is 240 Å². The minimum absolute atomic E-state index is 0.0876. The predicted octanol–water partition coefficient (Wildman–Crippen LogP) is 4.94. The van der Waals surface area contributed by atoms with Crippen molar-refractivity contribution in [1.82, 2.24) is 9.88 Å². The van der Waals surface area contributed by atoms with Crippen LogP contribution < -0.4 is 4.90 Å². The first kappa shape index (κ1) is 26.8. The third-order valence-corrected chi connectivity index (χ3v) is 8.30. The number of aliphatic hydroxyl groups excluding tert-OH is 1. The summed E-state index contributed by atoms with van der Waals surface area (Å²) in [5.74, 6) is -0.690. The molecule has 0 saturated heterocycles. The smallest absolute Gasteiger partial charge is 0.458 e. The summed E-state index contributed by atoms with van der Waals surface area (Å²) in [6.07, 6.45) is 5.00. The summed E-state index contributed by atoms with van der Waals surface area (Å²) in [6, 6.07) is 5.90. The van der Waals surface area contributed by atoms with Crippen LogP contribution in [0.2, 0.25) is 0 Å². The lowest BCUT2D eigenvalue weighted by molar-refractivity contribution is -0.166. The molecule has 4 aliphatic rings. The molecule has 0 fully saturated rings. The lowest BCUT2D eigenvalue weighted by Crippen LogP contribution is -2.53. The Kier molecular flexibility index (Phi) is 7.03. The minimum atomic E-state index is -1.74. The van der Waals surface area contributed by atoms with Gasteiger partial charge in [0.25, 0.3) is 0 Å². The van der Waals surface area contributed by atoms with Crippen LogP contribution in [0.1, 0.15) is 50.8 Å². The van der Waals surface area contributed by atoms with E-state index in [0.29, 0.717) is 28.7 Å². The fourth-order valence-corrected chi connectivity index (χ4v) is 6.17. The number of unbranched alkanes of at least 4 members (excludes halogenated alkanes) is 2. The molecule has 1 aromatic carbocycles. The molecule has 0 spiro atoms.